The van der Waals surface area contributed by atoms with Gasteiger partial charge in [0.1, 0.15) is 5.54 Å². The van der Waals surface area contributed by atoms with Crippen molar-refractivity contribution in [2.75, 3.05) is 0 Å². The summed E-state index contributed by atoms with van der Waals surface area (Å²) in [5, 5.41) is 12.1. The number of rotatable bonds is 5. The van der Waals surface area contributed by atoms with E-state index in [1.165, 1.54) is 0 Å². The maximum Gasteiger partial charge on any atom is 0.323 e. The highest BCUT2D eigenvalue weighted by atomic mass is 16.4. The molecule has 0 saturated carbocycles. The minimum absolute atomic E-state index is 0.518. The number of carboxylic acid groups (broad SMARTS) is 1. The van der Waals surface area contributed by atoms with Crippen molar-refractivity contribution in [2.24, 2.45) is 0 Å². The summed E-state index contributed by atoms with van der Waals surface area (Å²) in [6.07, 6.45) is 3.97. The molecule has 15 heavy (non-hydrogen) atoms. The zero-order valence-electron chi connectivity index (χ0n) is 9.03. The Kier molecular flexibility index (Phi) is 3.80. The van der Waals surface area contributed by atoms with Gasteiger partial charge in [-0.25, -0.2) is 0 Å². The highest BCUT2D eigenvalue weighted by Gasteiger charge is 2.29. The van der Waals surface area contributed by atoms with Gasteiger partial charge in [0.15, 0.2) is 0 Å². The molecule has 82 valence electrons. The summed E-state index contributed by atoms with van der Waals surface area (Å²) in [5.41, 5.74) is 0.119. The molecule has 0 aliphatic heterocycles. The first-order valence-electron chi connectivity index (χ1n) is 4.96. The van der Waals surface area contributed by atoms with Gasteiger partial charge in [0.2, 0.25) is 0 Å². The highest BCUT2D eigenvalue weighted by Crippen LogP contribution is 2.10. The first kappa shape index (κ1) is 11.7. The van der Waals surface area contributed by atoms with E-state index in [2.05, 4.69) is 10.3 Å². The van der Waals surface area contributed by atoms with E-state index in [1.54, 1.807) is 19.3 Å². The Labute approximate surface area is 89.3 Å². The van der Waals surface area contributed by atoms with Crippen LogP contribution in [-0.4, -0.2) is 21.6 Å². The van der Waals surface area contributed by atoms with Crippen molar-refractivity contribution in [2.45, 2.75) is 32.4 Å². The molecule has 1 heterocycles. The highest BCUT2D eigenvalue weighted by molar-refractivity contribution is 5.78. The molecule has 0 aliphatic carbocycles. The van der Waals surface area contributed by atoms with Gasteiger partial charge in [-0.3, -0.25) is 15.1 Å². The van der Waals surface area contributed by atoms with Crippen LogP contribution in [0.3, 0.4) is 0 Å². The summed E-state index contributed by atoms with van der Waals surface area (Å²) in [5.74, 6) is -0.825. The van der Waals surface area contributed by atoms with E-state index in [0.29, 0.717) is 13.0 Å². The first-order valence-corrected chi connectivity index (χ1v) is 4.96. The number of carbonyl (C=O) groups is 1. The van der Waals surface area contributed by atoms with Crippen LogP contribution in [0.4, 0.5) is 0 Å². The molecule has 0 saturated heterocycles. The maximum absolute atomic E-state index is 11.0. The van der Waals surface area contributed by atoms with E-state index in [1.807, 2.05) is 19.1 Å². The Morgan fingerprint density at radius 2 is 2.40 bits per heavy atom. The fourth-order valence-electron chi connectivity index (χ4n) is 1.15. The Balaban J connectivity index is 2.59. The third-order valence-corrected chi connectivity index (χ3v) is 2.58. The smallest absolute Gasteiger partial charge is 0.323 e. The SMILES string of the molecule is CCC(C)(NCc1cccnc1)C(=O)O. The van der Waals surface area contributed by atoms with Crippen LogP contribution in [0.1, 0.15) is 25.8 Å². The van der Waals surface area contributed by atoms with Gasteiger partial charge in [0.05, 0.1) is 0 Å². The average Bonchev–Trinajstić information content (AvgIpc) is 2.27. The largest absolute Gasteiger partial charge is 0.480 e. The van der Waals surface area contributed by atoms with Crippen LogP contribution < -0.4 is 5.32 Å². The van der Waals surface area contributed by atoms with Crippen molar-refractivity contribution in [1.82, 2.24) is 10.3 Å². The minimum atomic E-state index is -0.865. The molecule has 0 radical (unpaired) electrons. The van der Waals surface area contributed by atoms with Gasteiger partial charge >= 0.3 is 5.97 Å². The molecule has 0 amide bonds. The van der Waals surface area contributed by atoms with E-state index >= 15 is 0 Å². The van der Waals surface area contributed by atoms with Crippen LogP contribution in [0.2, 0.25) is 0 Å². The molecule has 4 heteroatoms. The molecular weight excluding hydrogens is 192 g/mol. The number of hydrogen-bond donors (Lipinski definition) is 2. The van der Waals surface area contributed by atoms with E-state index in [9.17, 15) is 4.79 Å². The Hall–Kier alpha value is -1.42. The van der Waals surface area contributed by atoms with Gasteiger partial charge in [-0.1, -0.05) is 13.0 Å². The second-order valence-corrected chi connectivity index (χ2v) is 3.71. The fraction of sp³-hybridized carbons (Fsp3) is 0.455. The standard InChI is InChI=1S/C11H16N2O2/c1-3-11(2,10(14)15)13-8-9-5-4-6-12-7-9/h4-7,13H,3,8H2,1-2H3,(H,14,15). The molecule has 1 aromatic heterocycles. The molecule has 1 rings (SSSR count). The second-order valence-electron chi connectivity index (χ2n) is 3.71. The summed E-state index contributed by atoms with van der Waals surface area (Å²) in [7, 11) is 0. The number of nitrogens with zero attached hydrogens (tertiary/aromatic N) is 1. The monoisotopic (exact) mass is 208 g/mol. The fourth-order valence-corrected chi connectivity index (χ4v) is 1.15. The summed E-state index contributed by atoms with van der Waals surface area (Å²) in [4.78, 5) is 15.0. The second kappa shape index (κ2) is 4.89. The number of carboxylic acids is 1. The quantitative estimate of drug-likeness (QED) is 0.768. The van der Waals surface area contributed by atoms with Crippen molar-refractivity contribution in [3.63, 3.8) is 0 Å². The Morgan fingerprint density at radius 1 is 1.67 bits per heavy atom. The predicted octanol–water partition coefficient (Wildman–Crippen LogP) is 1.42. The number of pyridine rings is 1. The normalized spacial score (nSPS) is 14.5. The average molecular weight is 208 g/mol. The van der Waals surface area contributed by atoms with E-state index in [-0.39, 0.29) is 0 Å². The zero-order chi connectivity index (χ0) is 11.3. The summed E-state index contributed by atoms with van der Waals surface area (Å²) in [6.45, 7) is 4.06. The molecule has 4 nitrogen and oxygen atoms in total. The maximum atomic E-state index is 11.0. The number of hydrogen-bond acceptors (Lipinski definition) is 3. The number of nitrogens with one attached hydrogen (secondary N) is 1. The van der Waals surface area contributed by atoms with Crippen molar-refractivity contribution >= 4 is 5.97 Å². The van der Waals surface area contributed by atoms with Crippen LogP contribution in [0.15, 0.2) is 24.5 Å². The van der Waals surface area contributed by atoms with Gasteiger partial charge in [0.25, 0.3) is 0 Å². The number of aliphatic carboxylic acids is 1. The summed E-state index contributed by atoms with van der Waals surface area (Å²) in [6, 6.07) is 3.75. The van der Waals surface area contributed by atoms with Gasteiger partial charge in [0, 0.05) is 18.9 Å². The van der Waals surface area contributed by atoms with Gasteiger partial charge in [-0.2, -0.15) is 0 Å². The molecule has 1 unspecified atom stereocenters. The molecule has 0 aromatic carbocycles. The molecule has 1 aromatic rings. The molecule has 0 bridgehead atoms. The topological polar surface area (TPSA) is 62.2 Å². The predicted molar refractivity (Wildman–Crippen MR) is 57.4 cm³/mol. The lowest BCUT2D eigenvalue weighted by molar-refractivity contribution is -0.144. The lowest BCUT2D eigenvalue weighted by Crippen LogP contribution is -2.48. The molecule has 0 aliphatic rings. The number of aromatic nitrogens is 1. The first-order chi connectivity index (χ1) is 7.08. The summed E-state index contributed by atoms with van der Waals surface area (Å²) < 4.78 is 0. The molecule has 0 fully saturated rings. The third-order valence-electron chi connectivity index (χ3n) is 2.58. The Bertz CT molecular complexity index is 327. The van der Waals surface area contributed by atoms with Crippen molar-refractivity contribution in [3.8, 4) is 0 Å². The van der Waals surface area contributed by atoms with E-state index in [4.69, 9.17) is 5.11 Å². The molecule has 0 spiro atoms. The van der Waals surface area contributed by atoms with E-state index < -0.39 is 11.5 Å². The lowest BCUT2D eigenvalue weighted by Gasteiger charge is -2.24. The van der Waals surface area contributed by atoms with Crippen LogP contribution in [0.25, 0.3) is 0 Å². The Morgan fingerprint density at radius 3 is 2.87 bits per heavy atom. The lowest BCUT2D eigenvalue weighted by atomic mass is 9.99. The minimum Gasteiger partial charge on any atom is -0.480 e. The summed E-state index contributed by atoms with van der Waals surface area (Å²) >= 11 is 0. The van der Waals surface area contributed by atoms with Gasteiger partial charge in [-0.15, -0.1) is 0 Å². The molecule has 1 atom stereocenters. The zero-order valence-corrected chi connectivity index (χ0v) is 9.03. The van der Waals surface area contributed by atoms with Crippen LogP contribution in [0.5, 0.6) is 0 Å². The van der Waals surface area contributed by atoms with E-state index in [0.717, 1.165) is 5.56 Å². The van der Waals surface area contributed by atoms with Crippen molar-refractivity contribution in [1.29, 1.82) is 0 Å². The molecular formula is C11H16N2O2. The van der Waals surface area contributed by atoms with Crippen molar-refractivity contribution < 1.29 is 9.90 Å². The van der Waals surface area contributed by atoms with Crippen LogP contribution >= 0.6 is 0 Å². The third kappa shape index (κ3) is 3.02. The van der Waals surface area contributed by atoms with Gasteiger partial charge < -0.3 is 5.11 Å². The van der Waals surface area contributed by atoms with Gasteiger partial charge in [-0.05, 0) is 25.0 Å². The van der Waals surface area contributed by atoms with Crippen LogP contribution in [0, 0.1) is 0 Å². The van der Waals surface area contributed by atoms with Crippen LogP contribution in [-0.2, 0) is 11.3 Å². The molecule has 2 N–H and O–H groups in total. The van der Waals surface area contributed by atoms with Crippen molar-refractivity contribution in [3.05, 3.63) is 30.1 Å².